The van der Waals surface area contributed by atoms with Crippen molar-refractivity contribution in [2.45, 2.75) is 33.1 Å². The van der Waals surface area contributed by atoms with Crippen LogP contribution < -0.4 is 0 Å². The molecule has 16 heavy (non-hydrogen) atoms. The van der Waals surface area contributed by atoms with Gasteiger partial charge in [-0.3, -0.25) is 0 Å². The molecule has 1 N–H and O–H groups in total. The fourth-order valence-corrected chi connectivity index (χ4v) is 2.90. The molecule has 0 radical (unpaired) electrons. The highest BCUT2D eigenvalue weighted by Crippen LogP contribution is 2.20. The molecule has 0 spiro atoms. The molecule has 2 aromatic heterocycles. The van der Waals surface area contributed by atoms with Crippen molar-refractivity contribution < 1.29 is 0 Å². The second-order valence-electron chi connectivity index (χ2n) is 4.43. The van der Waals surface area contributed by atoms with Crippen LogP contribution >= 0.6 is 11.3 Å². The lowest BCUT2D eigenvalue weighted by atomic mass is 10.1. The first-order valence-corrected chi connectivity index (χ1v) is 6.48. The molecule has 3 nitrogen and oxygen atoms in total. The molecule has 0 aromatic carbocycles. The van der Waals surface area contributed by atoms with Gasteiger partial charge in [0, 0.05) is 9.75 Å². The number of hydrogen-bond acceptors (Lipinski definition) is 3. The summed E-state index contributed by atoms with van der Waals surface area (Å²) in [5.41, 5.74) is 1.04. The Morgan fingerprint density at radius 2 is 2.06 bits per heavy atom. The number of aromatic amines is 1. The van der Waals surface area contributed by atoms with Crippen LogP contribution in [0.3, 0.4) is 0 Å². The van der Waals surface area contributed by atoms with Gasteiger partial charge in [0.25, 0.3) is 0 Å². The first kappa shape index (κ1) is 11.3. The molecule has 0 saturated heterocycles. The van der Waals surface area contributed by atoms with Crippen molar-refractivity contribution in [3.05, 3.63) is 33.8 Å². The molecule has 0 amide bonds. The number of H-pyrrole nitrogens is 1. The molecule has 2 aromatic rings. The number of aromatic nitrogens is 3. The lowest BCUT2D eigenvalue weighted by molar-refractivity contribution is 0.654. The van der Waals surface area contributed by atoms with E-state index in [2.05, 4.69) is 41.4 Å². The van der Waals surface area contributed by atoms with E-state index in [0.29, 0.717) is 0 Å². The van der Waals surface area contributed by atoms with Gasteiger partial charge >= 0.3 is 0 Å². The van der Waals surface area contributed by atoms with Crippen molar-refractivity contribution in [1.82, 2.24) is 15.4 Å². The van der Waals surface area contributed by atoms with Crippen LogP contribution in [0.1, 0.15) is 29.3 Å². The van der Waals surface area contributed by atoms with E-state index in [1.807, 2.05) is 11.3 Å². The predicted molar refractivity (Wildman–Crippen MR) is 66.7 cm³/mol. The fourth-order valence-electron chi connectivity index (χ4n) is 1.67. The van der Waals surface area contributed by atoms with Crippen LogP contribution in [-0.4, -0.2) is 15.4 Å². The Morgan fingerprint density at radius 1 is 1.25 bits per heavy atom. The molecule has 0 unspecified atom stereocenters. The normalized spacial score (nSPS) is 11.2. The first-order chi connectivity index (χ1) is 7.74. The lowest BCUT2D eigenvalue weighted by Crippen LogP contribution is -1.90. The molecule has 0 aliphatic rings. The van der Waals surface area contributed by atoms with Crippen LogP contribution in [0.15, 0.2) is 18.3 Å². The number of nitrogens with zero attached hydrogens (tertiary/aromatic N) is 2. The van der Waals surface area contributed by atoms with E-state index in [-0.39, 0.29) is 0 Å². The van der Waals surface area contributed by atoms with Gasteiger partial charge in [-0.15, -0.1) is 11.3 Å². The molecule has 2 rings (SSSR count). The summed E-state index contributed by atoms with van der Waals surface area (Å²) in [5.74, 6) is 0.738. The maximum atomic E-state index is 4.06. The quantitative estimate of drug-likeness (QED) is 0.865. The SMILES string of the molecule is CC(C)Cc1ccc(CCc2cn[nH]n2)s1. The van der Waals surface area contributed by atoms with E-state index in [9.17, 15) is 0 Å². The molecule has 0 aliphatic carbocycles. The third-order valence-corrected chi connectivity index (χ3v) is 3.59. The molecule has 0 atom stereocenters. The lowest BCUT2D eigenvalue weighted by Gasteiger charge is -1.99. The van der Waals surface area contributed by atoms with Crippen LogP contribution in [0.4, 0.5) is 0 Å². The van der Waals surface area contributed by atoms with E-state index < -0.39 is 0 Å². The summed E-state index contributed by atoms with van der Waals surface area (Å²) in [5, 5.41) is 10.5. The predicted octanol–water partition coefficient (Wildman–Crippen LogP) is 2.85. The zero-order chi connectivity index (χ0) is 11.4. The van der Waals surface area contributed by atoms with Crippen LogP contribution in [0.2, 0.25) is 0 Å². The molecule has 86 valence electrons. The van der Waals surface area contributed by atoms with Gasteiger partial charge in [0.15, 0.2) is 0 Å². The standard InChI is InChI=1S/C12H17N3S/c1-9(2)7-12-6-5-11(16-12)4-3-10-8-13-15-14-10/h5-6,8-9H,3-4,7H2,1-2H3,(H,13,14,15). The summed E-state index contributed by atoms with van der Waals surface area (Å²) in [6.07, 6.45) is 5.02. The van der Waals surface area contributed by atoms with Gasteiger partial charge in [-0.05, 0) is 37.3 Å². The van der Waals surface area contributed by atoms with Crippen molar-refractivity contribution in [2.24, 2.45) is 5.92 Å². The van der Waals surface area contributed by atoms with Crippen molar-refractivity contribution in [3.63, 3.8) is 0 Å². The maximum Gasteiger partial charge on any atom is 0.0828 e. The Balaban J connectivity index is 1.88. The summed E-state index contributed by atoms with van der Waals surface area (Å²) in [7, 11) is 0. The van der Waals surface area contributed by atoms with Gasteiger partial charge in [0.2, 0.25) is 0 Å². The van der Waals surface area contributed by atoms with Gasteiger partial charge in [0.05, 0.1) is 11.9 Å². The molecule has 0 aliphatic heterocycles. The highest BCUT2D eigenvalue weighted by molar-refractivity contribution is 7.11. The number of aryl methyl sites for hydroxylation is 2. The summed E-state index contributed by atoms with van der Waals surface area (Å²) < 4.78 is 0. The van der Waals surface area contributed by atoms with E-state index in [0.717, 1.165) is 24.5 Å². The van der Waals surface area contributed by atoms with E-state index in [1.54, 1.807) is 6.20 Å². The van der Waals surface area contributed by atoms with Crippen LogP contribution in [0.5, 0.6) is 0 Å². The van der Waals surface area contributed by atoms with Crippen molar-refractivity contribution in [1.29, 1.82) is 0 Å². The largest absolute Gasteiger partial charge is 0.198 e. The minimum atomic E-state index is 0.738. The fraction of sp³-hybridized carbons (Fsp3) is 0.500. The summed E-state index contributed by atoms with van der Waals surface area (Å²) in [4.78, 5) is 2.93. The summed E-state index contributed by atoms with van der Waals surface area (Å²) in [6, 6.07) is 4.49. The topological polar surface area (TPSA) is 41.6 Å². The molecular formula is C12H17N3S. The Morgan fingerprint density at radius 3 is 2.75 bits per heavy atom. The van der Waals surface area contributed by atoms with E-state index in [4.69, 9.17) is 0 Å². The van der Waals surface area contributed by atoms with E-state index >= 15 is 0 Å². The van der Waals surface area contributed by atoms with Crippen LogP contribution in [-0.2, 0) is 19.3 Å². The van der Waals surface area contributed by atoms with Gasteiger partial charge < -0.3 is 0 Å². The van der Waals surface area contributed by atoms with Crippen LogP contribution in [0.25, 0.3) is 0 Å². The molecular weight excluding hydrogens is 218 g/mol. The maximum absolute atomic E-state index is 4.06. The highest BCUT2D eigenvalue weighted by atomic mass is 32.1. The smallest absolute Gasteiger partial charge is 0.0828 e. The van der Waals surface area contributed by atoms with Gasteiger partial charge in [0.1, 0.15) is 0 Å². The van der Waals surface area contributed by atoms with Crippen molar-refractivity contribution >= 4 is 11.3 Å². The van der Waals surface area contributed by atoms with Crippen molar-refractivity contribution in [2.75, 3.05) is 0 Å². The zero-order valence-electron chi connectivity index (χ0n) is 9.73. The average Bonchev–Trinajstić information content (AvgIpc) is 2.84. The monoisotopic (exact) mass is 235 g/mol. The third-order valence-electron chi connectivity index (χ3n) is 2.42. The Kier molecular flexibility index (Phi) is 3.72. The zero-order valence-corrected chi connectivity index (χ0v) is 10.5. The second kappa shape index (κ2) is 5.25. The van der Waals surface area contributed by atoms with E-state index in [1.165, 1.54) is 16.2 Å². The number of rotatable bonds is 5. The summed E-state index contributed by atoms with van der Waals surface area (Å²) >= 11 is 1.92. The molecule has 2 heterocycles. The van der Waals surface area contributed by atoms with Gasteiger partial charge in [-0.2, -0.15) is 15.4 Å². The average molecular weight is 235 g/mol. The van der Waals surface area contributed by atoms with Gasteiger partial charge in [-0.1, -0.05) is 13.8 Å². The number of nitrogens with one attached hydrogen (secondary N) is 1. The summed E-state index contributed by atoms with van der Waals surface area (Å²) in [6.45, 7) is 4.52. The number of thiophene rings is 1. The highest BCUT2D eigenvalue weighted by Gasteiger charge is 2.04. The van der Waals surface area contributed by atoms with Gasteiger partial charge in [-0.25, -0.2) is 0 Å². The minimum Gasteiger partial charge on any atom is -0.198 e. The third kappa shape index (κ3) is 3.17. The Labute approximate surface area is 99.9 Å². The van der Waals surface area contributed by atoms with Crippen molar-refractivity contribution in [3.8, 4) is 0 Å². The first-order valence-electron chi connectivity index (χ1n) is 5.66. The number of hydrogen-bond donors (Lipinski definition) is 1. The second-order valence-corrected chi connectivity index (χ2v) is 5.68. The minimum absolute atomic E-state index is 0.738. The Bertz CT molecular complexity index is 417. The molecule has 0 saturated carbocycles. The molecule has 4 heteroatoms. The van der Waals surface area contributed by atoms with Crippen LogP contribution in [0, 0.1) is 5.92 Å². The Hall–Kier alpha value is -1.16. The molecule has 0 fully saturated rings. The molecule has 0 bridgehead atoms.